The highest BCUT2D eigenvalue weighted by molar-refractivity contribution is 14.0. The van der Waals surface area contributed by atoms with Crippen LogP contribution in [0.4, 0.5) is 0 Å². The summed E-state index contributed by atoms with van der Waals surface area (Å²) in [7, 11) is 5.38. The van der Waals surface area contributed by atoms with Crippen molar-refractivity contribution in [3.8, 4) is 11.3 Å². The molecule has 3 rings (SSSR count). The van der Waals surface area contributed by atoms with Gasteiger partial charge in [-0.15, -0.1) is 24.0 Å². The van der Waals surface area contributed by atoms with Crippen LogP contribution in [0.15, 0.2) is 71.9 Å². The van der Waals surface area contributed by atoms with Crippen LogP contribution in [0.2, 0.25) is 0 Å². The van der Waals surface area contributed by atoms with Gasteiger partial charge in [0.1, 0.15) is 0 Å². The van der Waals surface area contributed by atoms with Crippen LogP contribution in [0.3, 0.4) is 0 Å². The molecule has 0 saturated heterocycles. The van der Waals surface area contributed by atoms with Gasteiger partial charge in [0.2, 0.25) is 5.91 Å². The Bertz CT molecular complexity index is 986. The van der Waals surface area contributed by atoms with Crippen molar-refractivity contribution in [2.45, 2.75) is 13.1 Å². The zero-order chi connectivity index (χ0) is 21.3. The van der Waals surface area contributed by atoms with Gasteiger partial charge in [-0.1, -0.05) is 60.7 Å². The minimum atomic E-state index is -0.0180. The van der Waals surface area contributed by atoms with Crippen LogP contribution in [-0.2, 0) is 24.9 Å². The summed E-state index contributed by atoms with van der Waals surface area (Å²) >= 11 is 0. The van der Waals surface area contributed by atoms with Crippen molar-refractivity contribution in [2.75, 3.05) is 20.6 Å². The number of aryl methyl sites for hydroxylation is 1. The smallest absolute Gasteiger partial charge is 0.241 e. The van der Waals surface area contributed by atoms with Crippen LogP contribution in [0.5, 0.6) is 0 Å². The number of hydrogen-bond acceptors (Lipinski definition) is 3. The summed E-state index contributed by atoms with van der Waals surface area (Å²) in [4.78, 5) is 18.2. The number of carbonyl (C=O) groups excluding carboxylic acids is 1. The molecular formula is C23H29IN6O. The largest absolute Gasteiger partial charge is 0.352 e. The highest BCUT2D eigenvalue weighted by Crippen LogP contribution is 2.21. The van der Waals surface area contributed by atoms with E-state index in [0.717, 1.165) is 22.4 Å². The molecule has 2 aromatic carbocycles. The second-order valence-corrected chi connectivity index (χ2v) is 7.19. The number of rotatable bonds is 7. The van der Waals surface area contributed by atoms with E-state index < -0.39 is 0 Å². The average Bonchev–Trinajstić information content (AvgIpc) is 3.14. The first-order valence-corrected chi connectivity index (χ1v) is 9.87. The molecule has 0 aliphatic carbocycles. The summed E-state index contributed by atoms with van der Waals surface area (Å²) < 4.78 is 1.81. The molecule has 0 spiro atoms. The molecular weight excluding hydrogens is 503 g/mol. The maximum atomic E-state index is 12.0. The number of hydrogen-bond donors (Lipinski definition) is 2. The lowest BCUT2D eigenvalue weighted by Crippen LogP contribution is -2.42. The molecule has 0 unspecified atom stereocenters. The third-order valence-electron chi connectivity index (χ3n) is 4.57. The van der Waals surface area contributed by atoms with Crippen molar-refractivity contribution >= 4 is 35.8 Å². The third kappa shape index (κ3) is 7.39. The van der Waals surface area contributed by atoms with E-state index in [0.29, 0.717) is 19.0 Å². The minimum Gasteiger partial charge on any atom is -0.352 e. The maximum absolute atomic E-state index is 12.0. The van der Waals surface area contributed by atoms with Gasteiger partial charge in [-0.25, -0.2) is 4.99 Å². The molecule has 3 aromatic rings. The lowest BCUT2D eigenvalue weighted by molar-refractivity contribution is -0.127. The van der Waals surface area contributed by atoms with Crippen LogP contribution in [0.25, 0.3) is 11.3 Å². The summed E-state index contributed by atoms with van der Waals surface area (Å²) in [5.41, 5.74) is 4.14. The van der Waals surface area contributed by atoms with Crippen molar-refractivity contribution in [3.63, 3.8) is 0 Å². The van der Waals surface area contributed by atoms with Gasteiger partial charge < -0.3 is 15.5 Å². The first kappa shape index (κ1) is 24.4. The normalized spacial score (nSPS) is 10.9. The molecule has 7 nitrogen and oxygen atoms in total. The van der Waals surface area contributed by atoms with Gasteiger partial charge in [0.25, 0.3) is 0 Å². The van der Waals surface area contributed by atoms with E-state index in [2.05, 4.69) is 20.7 Å². The molecule has 0 aliphatic rings. The van der Waals surface area contributed by atoms with Gasteiger partial charge in [0, 0.05) is 45.0 Å². The zero-order valence-corrected chi connectivity index (χ0v) is 20.4. The SMILES string of the molecule is CN(C)C(=O)CNC(=NCc1ccccc1)NCc1cn(C)nc1-c1ccccc1.I. The number of nitrogens with zero attached hydrogens (tertiary/aromatic N) is 4. The number of amides is 1. The fourth-order valence-corrected chi connectivity index (χ4v) is 2.93. The molecule has 2 N–H and O–H groups in total. The summed E-state index contributed by atoms with van der Waals surface area (Å²) in [6.07, 6.45) is 2.00. The van der Waals surface area contributed by atoms with E-state index in [4.69, 9.17) is 0 Å². The Kier molecular flexibility index (Phi) is 9.51. The van der Waals surface area contributed by atoms with E-state index in [1.165, 1.54) is 0 Å². The Morgan fingerprint density at radius 1 is 1.03 bits per heavy atom. The molecule has 1 amide bonds. The number of benzene rings is 2. The van der Waals surface area contributed by atoms with Gasteiger partial charge in [-0.05, 0) is 5.56 Å². The van der Waals surface area contributed by atoms with Crippen molar-refractivity contribution in [2.24, 2.45) is 12.0 Å². The molecule has 31 heavy (non-hydrogen) atoms. The van der Waals surface area contributed by atoms with Gasteiger partial charge >= 0.3 is 0 Å². The van der Waals surface area contributed by atoms with E-state index in [9.17, 15) is 4.79 Å². The Hall–Kier alpha value is -2.88. The lowest BCUT2D eigenvalue weighted by Gasteiger charge is -2.15. The average molecular weight is 532 g/mol. The predicted molar refractivity (Wildman–Crippen MR) is 135 cm³/mol. The molecule has 1 aromatic heterocycles. The fraction of sp³-hybridized carbons (Fsp3) is 0.261. The van der Waals surface area contributed by atoms with Gasteiger partial charge in [-0.3, -0.25) is 9.48 Å². The Labute approximate surface area is 200 Å². The van der Waals surface area contributed by atoms with Gasteiger partial charge in [0.05, 0.1) is 18.8 Å². The van der Waals surface area contributed by atoms with E-state index in [1.54, 1.807) is 19.0 Å². The summed E-state index contributed by atoms with van der Waals surface area (Å²) in [6, 6.07) is 20.1. The molecule has 0 saturated carbocycles. The molecule has 0 aliphatic heterocycles. The van der Waals surface area contributed by atoms with Gasteiger partial charge in [0.15, 0.2) is 5.96 Å². The van der Waals surface area contributed by atoms with Crippen LogP contribution >= 0.6 is 24.0 Å². The Balaban J connectivity index is 0.00000341. The molecule has 0 atom stereocenters. The number of aliphatic imine (C=N–C) groups is 1. The predicted octanol–water partition coefficient (Wildman–Crippen LogP) is 3.03. The minimum absolute atomic E-state index is 0. The molecule has 8 heteroatoms. The Morgan fingerprint density at radius 2 is 1.68 bits per heavy atom. The third-order valence-corrected chi connectivity index (χ3v) is 4.57. The van der Waals surface area contributed by atoms with Crippen molar-refractivity contribution in [1.82, 2.24) is 25.3 Å². The van der Waals surface area contributed by atoms with Crippen LogP contribution < -0.4 is 10.6 Å². The highest BCUT2D eigenvalue weighted by atomic mass is 127. The van der Waals surface area contributed by atoms with E-state index >= 15 is 0 Å². The number of guanidine groups is 1. The molecule has 1 heterocycles. The monoisotopic (exact) mass is 532 g/mol. The number of carbonyl (C=O) groups is 1. The zero-order valence-electron chi connectivity index (χ0n) is 18.1. The van der Waals surface area contributed by atoms with Crippen molar-refractivity contribution in [3.05, 3.63) is 78.0 Å². The standard InChI is InChI=1S/C23H28N6O.HI/c1-28(2)21(30)16-26-23(24-14-18-10-6-4-7-11-18)25-15-20-17-29(3)27-22(20)19-12-8-5-9-13-19;/h4-13,17H,14-16H2,1-3H3,(H2,24,25,26);1H. The Morgan fingerprint density at radius 3 is 2.32 bits per heavy atom. The fourth-order valence-electron chi connectivity index (χ4n) is 2.93. The number of halogens is 1. The molecule has 0 fully saturated rings. The summed E-state index contributed by atoms with van der Waals surface area (Å²) in [6.45, 7) is 1.23. The summed E-state index contributed by atoms with van der Waals surface area (Å²) in [5, 5.41) is 11.1. The first-order chi connectivity index (χ1) is 14.5. The number of likely N-dealkylation sites (N-methyl/N-ethyl adjacent to an activating group) is 1. The number of nitrogens with one attached hydrogen (secondary N) is 2. The maximum Gasteiger partial charge on any atom is 0.241 e. The van der Waals surface area contributed by atoms with Crippen molar-refractivity contribution < 1.29 is 4.79 Å². The first-order valence-electron chi connectivity index (χ1n) is 9.87. The van der Waals surface area contributed by atoms with E-state index in [-0.39, 0.29) is 36.4 Å². The second kappa shape index (κ2) is 12.1. The highest BCUT2D eigenvalue weighted by Gasteiger charge is 2.11. The lowest BCUT2D eigenvalue weighted by atomic mass is 10.1. The quantitative estimate of drug-likeness (QED) is 0.279. The van der Waals surface area contributed by atoms with Crippen LogP contribution in [0.1, 0.15) is 11.1 Å². The van der Waals surface area contributed by atoms with Crippen LogP contribution in [0, 0.1) is 0 Å². The molecule has 0 radical (unpaired) electrons. The van der Waals surface area contributed by atoms with Crippen LogP contribution in [-0.4, -0.2) is 47.2 Å². The molecule has 0 bridgehead atoms. The van der Waals surface area contributed by atoms with Gasteiger partial charge in [-0.2, -0.15) is 5.10 Å². The summed E-state index contributed by atoms with van der Waals surface area (Å²) in [5.74, 6) is 0.562. The van der Waals surface area contributed by atoms with Crippen molar-refractivity contribution in [1.29, 1.82) is 0 Å². The van der Waals surface area contributed by atoms with E-state index in [1.807, 2.05) is 78.6 Å². The topological polar surface area (TPSA) is 74.6 Å². The number of aromatic nitrogens is 2. The molecule has 164 valence electrons. The second-order valence-electron chi connectivity index (χ2n) is 7.19.